The van der Waals surface area contributed by atoms with Crippen LogP contribution in [0, 0.1) is 17.6 Å². The molecule has 3 aromatic carbocycles. The summed E-state index contributed by atoms with van der Waals surface area (Å²) in [6, 6.07) is 16.4. The standard InChI is InChI=1S/C38H39F2N3O11/c1-4-31(43(22-44)53-19-23-8-6-5-7-9-23)27(13-11-24-10-12-25(39)16-30(24)40)36(47)41-21-42-37(48)33-15-14-32(54-33)28-17-26(52-20-34(45)50-2)18-29(35(28)46)38(49)51-3/h5-10,12,14-18,22,27,31,46H,4,11,13,19-21H2,1-3H3,(H,41,47)(H,42,48)/t27-,31-/m1/s1. The maximum atomic E-state index is 14.5. The van der Waals surface area contributed by atoms with E-state index in [-0.39, 0.29) is 59.8 Å². The lowest BCUT2D eigenvalue weighted by molar-refractivity contribution is -0.200. The second-order valence-electron chi connectivity index (χ2n) is 11.7. The van der Waals surface area contributed by atoms with Gasteiger partial charge < -0.3 is 34.4 Å². The summed E-state index contributed by atoms with van der Waals surface area (Å²) >= 11 is 0. The number of nitrogens with one attached hydrogen (secondary N) is 2. The highest BCUT2D eigenvalue weighted by Crippen LogP contribution is 2.37. The number of halogens is 2. The molecule has 0 aliphatic carbocycles. The van der Waals surface area contributed by atoms with Crippen LogP contribution in [0.4, 0.5) is 8.78 Å². The number of benzene rings is 3. The van der Waals surface area contributed by atoms with Crippen molar-refractivity contribution in [3.63, 3.8) is 0 Å². The third kappa shape index (κ3) is 10.6. The molecule has 0 aliphatic heterocycles. The summed E-state index contributed by atoms with van der Waals surface area (Å²) in [7, 11) is 2.27. The molecular weight excluding hydrogens is 712 g/mol. The van der Waals surface area contributed by atoms with E-state index in [4.69, 9.17) is 18.7 Å². The summed E-state index contributed by atoms with van der Waals surface area (Å²) in [6.07, 6.45) is 0.769. The fraction of sp³-hybridized carbons (Fsp3) is 0.289. The minimum absolute atomic E-state index is 0.0144. The lowest BCUT2D eigenvalue weighted by Gasteiger charge is -2.32. The number of phenolic OH excluding ortho intramolecular Hbond substituents is 1. The summed E-state index contributed by atoms with van der Waals surface area (Å²) in [5.41, 5.74) is 0.571. The molecule has 286 valence electrons. The highest BCUT2D eigenvalue weighted by atomic mass is 19.1. The number of carbonyl (C=O) groups is 5. The Bertz CT molecular complexity index is 1940. The van der Waals surface area contributed by atoms with Gasteiger partial charge in [-0.05, 0) is 60.7 Å². The molecule has 1 heterocycles. The number of hydrogen-bond acceptors (Lipinski definition) is 11. The summed E-state index contributed by atoms with van der Waals surface area (Å²) < 4.78 is 48.4. The van der Waals surface area contributed by atoms with Crippen LogP contribution in [0.1, 0.15) is 51.8 Å². The molecule has 0 aliphatic rings. The zero-order valence-electron chi connectivity index (χ0n) is 29.6. The quantitative estimate of drug-likeness (QED) is 0.0523. The van der Waals surface area contributed by atoms with E-state index >= 15 is 0 Å². The van der Waals surface area contributed by atoms with Crippen molar-refractivity contribution in [2.24, 2.45) is 5.92 Å². The van der Waals surface area contributed by atoms with Crippen molar-refractivity contribution in [3.05, 3.63) is 107 Å². The fourth-order valence-electron chi connectivity index (χ4n) is 5.48. The van der Waals surface area contributed by atoms with E-state index in [0.717, 1.165) is 43.0 Å². The van der Waals surface area contributed by atoms with E-state index in [0.29, 0.717) is 6.41 Å². The molecule has 14 nitrogen and oxygen atoms in total. The second-order valence-corrected chi connectivity index (χ2v) is 11.7. The molecule has 1 aromatic heterocycles. The van der Waals surface area contributed by atoms with Gasteiger partial charge in [0.1, 0.15) is 41.1 Å². The van der Waals surface area contributed by atoms with Crippen LogP contribution in [0.5, 0.6) is 11.5 Å². The number of hydroxylamine groups is 2. The van der Waals surface area contributed by atoms with Crippen molar-refractivity contribution < 1.29 is 61.3 Å². The summed E-state index contributed by atoms with van der Waals surface area (Å²) in [6.45, 7) is 0.877. The Morgan fingerprint density at radius 2 is 1.72 bits per heavy atom. The number of phenols is 1. The Morgan fingerprint density at radius 1 is 0.963 bits per heavy atom. The first-order valence-electron chi connectivity index (χ1n) is 16.6. The molecule has 0 spiro atoms. The van der Waals surface area contributed by atoms with Crippen molar-refractivity contribution in [1.29, 1.82) is 0 Å². The highest BCUT2D eigenvalue weighted by molar-refractivity contribution is 5.96. The molecule has 0 bridgehead atoms. The van der Waals surface area contributed by atoms with Crippen molar-refractivity contribution in [1.82, 2.24) is 15.7 Å². The number of aromatic hydroxyl groups is 1. The van der Waals surface area contributed by atoms with Crippen LogP contribution in [-0.4, -0.2) is 73.9 Å². The molecule has 4 aromatic rings. The van der Waals surface area contributed by atoms with Gasteiger partial charge >= 0.3 is 11.9 Å². The van der Waals surface area contributed by atoms with Crippen LogP contribution in [0.25, 0.3) is 11.3 Å². The zero-order chi connectivity index (χ0) is 39.2. The minimum Gasteiger partial charge on any atom is -0.506 e. The van der Waals surface area contributed by atoms with Gasteiger partial charge in [0.2, 0.25) is 12.3 Å². The number of hydrogen-bond donors (Lipinski definition) is 3. The summed E-state index contributed by atoms with van der Waals surface area (Å²) in [4.78, 5) is 68.6. The molecule has 3 N–H and O–H groups in total. The highest BCUT2D eigenvalue weighted by Gasteiger charge is 2.32. The topological polar surface area (TPSA) is 183 Å². The second kappa shape index (κ2) is 19.5. The van der Waals surface area contributed by atoms with Gasteiger partial charge in [-0.3, -0.25) is 19.2 Å². The maximum Gasteiger partial charge on any atom is 0.343 e. The van der Waals surface area contributed by atoms with Crippen LogP contribution in [0.15, 0.2) is 77.2 Å². The molecule has 4 rings (SSSR count). The summed E-state index contributed by atoms with van der Waals surface area (Å²) in [5, 5.41) is 17.0. The fourth-order valence-corrected chi connectivity index (χ4v) is 5.48. The number of amides is 3. The maximum absolute atomic E-state index is 14.5. The molecule has 3 amide bonds. The Kier molecular flexibility index (Phi) is 14.6. The monoisotopic (exact) mass is 751 g/mol. The first-order valence-corrected chi connectivity index (χ1v) is 16.6. The number of methoxy groups -OCH3 is 2. The molecule has 0 saturated carbocycles. The molecule has 16 heteroatoms. The molecule has 0 fully saturated rings. The molecule has 54 heavy (non-hydrogen) atoms. The van der Waals surface area contributed by atoms with Crippen LogP contribution >= 0.6 is 0 Å². The zero-order valence-corrected chi connectivity index (χ0v) is 29.6. The predicted molar refractivity (Wildman–Crippen MR) is 187 cm³/mol. The van der Waals surface area contributed by atoms with Crippen molar-refractivity contribution in [2.45, 2.75) is 38.8 Å². The third-order valence-electron chi connectivity index (χ3n) is 8.29. The van der Waals surface area contributed by atoms with Crippen LogP contribution < -0.4 is 15.4 Å². The van der Waals surface area contributed by atoms with Gasteiger partial charge in [0, 0.05) is 6.07 Å². The molecule has 0 saturated heterocycles. The van der Waals surface area contributed by atoms with E-state index in [1.54, 1.807) is 31.2 Å². The average molecular weight is 752 g/mol. The smallest absolute Gasteiger partial charge is 0.343 e. The lowest BCUT2D eigenvalue weighted by Crippen LogP contribution is -2.48. The van der Waals surface area contributed by atoms with Gasteiger partial charge in [-0.15, -0.1) is 0 Å². The van der Waals surface area contributed by atoms with E-state index in [1.165, 1.54) is 24.3 Å². The SMILES string of the molecule is CC[C@H]([C@@H](CCc1ccc(F)cc1F)C(=O)NCNC(=O)c1ccc(-c2cc(OCC(=O)OC)cc(C(=O)OC)c2O)o1)N(C=O)OCc1ccccc1. The van der Waals surface area contributed by atoms with Crippen molar-refractivity contribution >= 4 is 30.2 Å². The predicted octanol–water partition coefficient (Wildman–Crippen LogP) is 4.69. The molecule has 2 atom stereocenters. The van der Waals surface area contributed by atoms with Gasteiger partial charge in [-0.2, -0.15) is 0 Å². The van der Waals surface area contributed by atoms with Crippen molar-refractivity contribution in [3.8, 4) is 22.8 Å². The van der Waals surface area contributed by atoms with Crippen LogP contribution in [-0.2, 0) is 41.7 Å². The van der Waals surface area contributed by atoms with Gasteiger partial charge in [0.25, 0.3) is 5.91 Å². The normalized spacial score (nSPS) is 11.9. The molecular formula is C38H39F2N3O11. The number of aryl methyl sites for hydroxylation is 1. The largest absolute Gasteiger partial charge is 0.506 e. The summed E-state index contributed by atoms with van der Waals surface area (Å²) in [5.74, 6) is -6.34. The molecule has 0 unspecified atom stereocenters. The lowest BCUT2D eigenvalue weighted by atomic mass is 9.89. The number of nitrogens with zero attached hydrogens (tertiary/aromatic N) is 1. The van der Waals surface area contributed by atoms with Gasteiger partial charge in [-0.25, -0.2) is 23.4 Å². The first-order chi connectivity index (χ1) is 26.0. The Balaban J connectivity index is 1.48. The van der Waals surface area contributed by atoms with E-state index < -0.39 is 66.4 Å². The molecule has 0 radical (unpaired) electrons. The van der Waals surface area contributed by atoms with Crippen LogP contribution in [0.3, 0.4) is 0 Å². The Hall–Kier alpha value is -6.29. The van der Waals surface area contributed by atoms with Gasteiger partial charge in [-0.1, -0.05) is 43.3 Å². The Labute approximate surface area is 308 Å². The number of furan rings is 1. The third-order valence-corrected chi connectivity index (χ3v) is 8.29. The van der Waals surface area contributed by atoms with Gasteiger partial charge in [0.05, 0.1) is 38.4 Å². The Morgan fingerprint density at radius 3 is 2.39 bits per heavy atom. The number of carbonyl (C=O) groups excluding carboxylic acids is 5. The number of esters is 2. The average Bonchev–Trinajstić information content (AvgIpc) is 3.68. The number of rotatable bonds is 19. The van der Waals surface area contributed by atoms with E-state index in [1.807, 2.05) is 6.07 Å². The van der Waals surface area contributed by atoms with Crippen molar-refractivity contribution in [2.75, 3.05) is 27.5 Å². The van der Waals surface area contributed by atoms with E-state index in [9.17, 15) is 37.9 Å². The van der Waals surface area contributed by atoms with Gasteiger partial charge in [0.15, 0.2) is 12.4 Å². The number of ether oxygens (including phenoxy) is 3. The minimum atomic E-state index is -0.965. The van der Waals surface area contributed by atoms with Crippen LogP contribution in [0.2, 0.25) is 0 Å². The first kappa shape index (κ1) is 40.5. The van der Waals surface area contributed by atoms with E-state index in [2.05, 4.69) is 15.4 Å².